The normalized spacial score (nSPS) is 14.1. The molecule has 0 aliphatic carbocycles. The Kier molecular flexibility index (Phi) is 7.98. The van der Waals surface area contributed by atoms with E-state index < -0.39 is 5.60 Å². The number of hydrogen-bond acceptors (Lipinski definition) is 7. The number of aryl methyl sites for hydroxylation is 1. The number of ether oxygens (including phenoxy) is 2. The molecule has 0 bridgehead atoms. The molecule has 1 aromatic carbocycles. The number of amides is 3. The summed E-state index contributed by atoms with van der Waals surface area (Å²) in [4.78, 5) is 43.9. The first kappa shape index (κ1) is 28.2. The number of thiophene rings is 1. The van der Waals surface area contributed by atoms with Gasteiger partial charge in [0.05, 0.1) is 10.2 Å². The third-order valence-electron chi connectivity index (χ3n) is 6.67. The molecule has 10 nitrogen and oxygen atoms in total. The van der Waals surface area contributed by atoms with Crippen molar-refractivity contribution in [2.75, 3.05) is 23.7 Å². The van der Waals surface area contributed by atoms with Crippen molar-refractivity contribution in [1.29, 1.82) is 0 Å². The fraction of sp³-hybridized carbons (Fsp3) is 0.333. The van der Waals surface area contributed by atoms with Crippen molar-refractivity contribution < 1.29 is 23.9 Å². The van der Waals surface area contributed by atoms with Gasteiger partial charge in [0, 0.05) is 50.4 Å². The number of hydrogen-bond donors (Lipinski definition) is 2. The first-order valence-electron chi connectivity index (χ1n) is 13.4. The number of carbonyl (C=O) groups is 3. The molecule has 4 heterocycles. The first-order chi connectivity index (χ1) is 19.6. The van der Waals surface area contributed by atoms with E-state index in [1.807, 2.05) is 49.9 Å². The highest BCUT2D eigenvalue weighted by Crippen LogP contribution is 2.25. The first-order valence-corrected chi connectivity index (χ1v) is 14.3. The monoisotopic (exact) mass is 575 g/mol. The molecule has 1 saturated heterocycles. The van der Waals surface area contributed by atoms with Crippen LogP contribution in [-0.2, 0) is 11.8 Å². The molecule has 0 radical (unpaired) electrons. The number of anilines is 2. The lowest BCUT2D eigenvalue weighted by Gasteiger charge is -2.33. The lowest BCUT2D eigenvalue weighted by atomic mass is 10.1. The Morgan fingerprint density at radius 1 is 0.976 bits per heavy atom. The van der Waals surface area contributed by atoms with Crippen LogP contribution in [0.5, 0.6) is 5.75 Å². The molecule has 5 rings (SSSR count). The van der Waals surface area contributed by atoms with E-state index in [1.165, 1.54) is 6.20 Å². The van der Waals surface area contributed by atoms with Gasteiger partial charge in [0.1, 0.15) is 29.0 Å². The molecule has 0 saturated carbocycles. The standard InChI is InChI=1S/C30H33N5O5S/c1-30(2,3)40-29(38)35-14-10-22(11-15-35)39-21-7-5-20(6-8-21)32-27(36)19-9-13-31-26(17-19)33-28(37)24-18-25-23(34(24)4)12-16-41-25/h5-9,12-13,16-18,22H,10-11,14-15H2,1-4H3,(H,32,36)(H,31,33,37). The Morgan fingerprint density at radius 2 is 1.71 bits per heavy atom. The third kappa shape index (κ3) is 6.86. The molecular formula is C30H33N5O5S. The van der Waals surface area contributed by atoms with Crippen molar-refractivity contribution in [1.82, 2.24) is 14.5 Å². The van der Waals surface area contributed by atoms with E-state index in [1.54, 1.807) is 52.6 Å². The summed E-state index contributed by atoms with van der Waals surface area (Å²) >= 11 is 1.57. The molecular weight excluding hydrogens is 542 g/mol. The van der Waals surface area contributed by atoms with Crippen LogP contribution in [-0.4, -0.2) is 57.2 Å². The molecule has 4 aromatic rings. The van der Waals surface area contributed by atoms with E-state index in [4.69, 9.17) is 9.47 Å². The zero-order valence-corrected chi connectivity index (χ0v) is 24.3. The predicted octanol–water partition coefficient (Wildman–Crippen LogP) is 5.92. The van der Waals surface area contributed by atoms with Crippen LogP contribution in [0, 0.1) is 0 Å². The van der Waals surface area contributed by atoms with Gasteiger partial charge in [-0.2, -0.15) is 0 Å². The van der Waals surface area contributed by atoms with Crippen LogP contribution >= 0.6 is 11.3 Å². The molecule has 1 fully saturated rings. The number of fused-ring (bicyclic) bond motifs is 1. The number of nitrogens with one attached hydrogen (secondary N) is 2. The molecule has 0 atom stereocenters. The summed E-state index contributed by atoms with van der Waals surface area (Å²) in [6.45, 7) is 6.72. The SMILES string of the molecule is Cn1c(C(=O)Nc2cc(C(=O)Nc3ccc(OC4CCN(C(=O)OC(C)(C)C)CC4)cc3)ccn2)cc2sccc21. The second kappa shape index (κ2) is 11.6. The van der Waals surface area contributed by atoms with Gasteiger partial charge < -0.3 is 29.6 Å². The number of piperidine rings is 1. The smallest absolute Gasteiger partial charge is 0.410 e. The summed E-state index contributed by atoms with van der Waals surface area (Å²) in [6, 6.07) is 14.1. The average Bonchev–Trinajstić information content (AvgIpc) is 3.52. The molecule has 0 unspecified atom stereocenters. The van der Waals surface area contributed by atoms with Gasteiger partial charge in [-0.1, -0.05) is 0 Å². The minimum atomic E-state index is -0.517. The summed E-state index contributed by atoms with van der Waals surface area (Å²) in [5.41, 5.74) is 1.95. The zero-order valence-electron chi connectivity index (χ0n) is 23.5. The molecule has 11 heteroatoms. The summed E-state index contributed by atoms with van der Waals surface area (Å²) < 4.78 is 14.4. The van der Waals surface area contributed by atoms with E-state index in [9.17, 15) is 14.4 Å². The van der Waals surface area contributed by atoms with E-state index in [0.29, 0.717) is 48.6 Å². The van der Waals surface area contributed by atoms with Crippen LogP contribution in [0.2, 0.25) is 0 Å². The minimum absolute atomic E-state index is 0.00799. The van der Waals surface area contributed by atoms with Crippen molar-refractivity contribution in [3.63, 3.8) is 0 Å². The number of pyridine rings is 1. The van der Waals surface area contributed by atoms with E-state index in [0.717, 1.165) is 10.2 Å². The van der Waals surface area contributed by atoms with Crippen LogP contribution in [0.1, 0.15) is 54.5 Å². The fourth-order valence-corrected chi connectivity index (χ4v) is 5.43. The van der Waals surface area contributed by atoms with Gasteiger partial charge in [0.15, 0.2) is 0 Å². The van der Waals surface area contributed by atoms with Crippen LogP contribution in [0.4, 0.5) is 16.3 Å². The lowest BCUT2D eigenvalue weighted by molar-refractivity contribution is 0.0126. The predicted molar refractivity (Wildman–Crippen MR) is 159 cm³/mol. The van der Waals surface area contributed by atoms with Crippen LogP contribution in [0.15, 0.2) is 60.1 Å². The van der Waals surface area contributed by atoms with Crippen LogP contribution in [0.3, 0.4) is 0 Å². The van der Waals surface area contributed by atoms with Gasteiger partial charge in [0.2, 0.25) is 0 Å². The summed E-state index contributed by atoms with van der Waals surface area (Å²) in [7, 11) is 1.84. The molecule has 214 valence electrons. The number of carbonyl (C=O) groups excluding carboxylic acids is 3. The maximum Gasteiger partial charge on any atom is 0.410 e. The van der Waals surface area contributed by atoms with Crippen LogP contribution < -0.4 is 15.4 Å². The van der Waals surface area contributed by atoms with E-state index in [2.05, 4.69) is 15.6 Å². The van der Waals surface area contributed by atoms with Gasteiger partial charge >= 0.3 is 6.09 Å². The van der Waals surface area contributed by atoms with Gasteiger partial charge in [0.25, 0.3) is 11.8 Å². The van der Waals surface area contributed by atoms with Crippen molar-refractivity contribution in [2.24, 2.45) is 7.05 Å². The Balaban J connectivity index is 1.13. The highest BCUT2D eigenvalue weighted by Gasteiger charge is 2.27. The highest BCUT2D eigenvalue weighted by atomic mass is 32.1. The molecule has 0 spiro atoms. The van der Waals surface area contributed by atoms with E-state index in [-0.39, 0.29) is 29.8 Å². The van der Waals surface area contributed by atoms with E-state index >= 15 is 0 Å². The fourth-order valence-electron chi connectivity index (χ4n) is 4.58. The largest absolute Gasteiger partial charge is 0.490 e. The highest BCUT2D eigenvalue weighted by molar-refractivity contribution is 7.17. The average molecular weight is 576 g/mol. The quantitative estimate of drug-likeness (QED) is 0.295. The molecule has 2 N–H and O–H groups in total. The van der Waals surface area contributed by atoms with Crippen LogP contribution in [0.25, 0.3) is 10.2 Å². The number of benzene rings is 1. The van der Waals surface area contributed by atoms with Crippen molar-refractivity contribution in [3.8, 4) is 5.75 Å². The van der Waals surface area contributed by atoms with Gasteiger partial charge in [-0.25, -0.2) is 9.78 Å². The minimum Gasteiger partial charge on any atom is -0.490 e. The molecule has 1 aliphatic rings. The Bertz CT molecular complexity index is 1560. The van der Waals surface area contributed by atoms with Gasteiger partial charge in [-0.05, 0) is 74.7 Å². The maximum atomic E-state index is 12.9. The number of aromatic nitrogens is 2. The molecule has 41 heavy (non-hydrogen) atoms. The number of rotatable bonds is 6. The summed E-state index contributed by atoms with van der Waals surface area (Å²) in [5, 5.41) is 7.63. The van der Waals surface area contributed by atoms with Crippen molar-refractivity contribution >= 4 is 51.0 Å². The summed E-state index contributed by atoms with van der Waals surface area (Å²) in [6.07, 6.45) is 2.60. The lowest BCUT2D eigenvalue weighted by Crippen LogP contribution is -2.44. The van der Waals surface area contributed by atoms with Gasteiger partial charge in [-0.3, -0.25) is 9.59 Å². The molecule has 3 aromatic heterocycles. The topological polar surface area (TPSA) is 115 Å². The Hall–Kier alpha value is -4.38. The Morgan fingerprint density at radius 3 is 2.39 bits per heavy atom. The van der Waals surface area contributed by atoms with Gasteiger partial charge in [-0.15, -0.1) is 11.3 Å². The van der Waals surface area contributed by atoms with Crippen molar-refractivity contribution in [3.05, 3.63) is 71.4 Å². The number of likely N-dealkylation sites (tertiary alicyclic amines) is 1. The summed E-state index contributed by atoms with van der Waals surface area (Å²) in [5.74, 6) is 0.347. The zero-order chi connectivity index (χ0) is 29.1. The molecule has 3 amide bonds. The van der Waals surface area contributed by atoms with Crippen molar-refractivity contribution in [2.45, 2.75) is 45.3 Å². The maximum absolute atomic E-state index is 12.9. The second-order valence-electron chi connectivity index (χ2n) is 10.9. The molecule has 1 aliphatic heterocycles. The number of nitrogens with zero attached hydrogens (tertiary/aromatic N) is 3. The second-order valence-corrected chi connectivity index (χ2v) is 11.9. The third-order valence-corrected chi connectivity index (χ3v) is 7.52. The Labute approximate surface area is 242 Å².